The van der Waals surface area contributed by atoms with E-state index in [1.54, 1.807) is 6.07 Å². The van der Waals surface area contributed by atoms with Gasteiger partial charge in [-0.3, -0.25) is 0 Å². The van der Waals surface area contributed by atoms with Crippen LogP contribution in [0.2, 0.25) is 0 Å². The normalized spacial score (nSPS) is 10.9. The van der Waals surface area contributed by atoms with Crippen molar-refractivity contribution < 1.29 is 13.5 Å². The lowest BCUT2D eigenvalue weighted by Gasteiger charge is -2.06. The quantitative estimate of drug-likeness (QED) is 0.762. The number of halogens is 2. The highest BCUT2D eigenvalue weighted by atomic mass is 19.3. The average molecular weight is 222 g/mol. The van der Waals surface area contributed by atoms with Crippen molar-refractivity contribution in [3.63, 3.8) is 0 Å². The molecule has 0 atom stereocenters. The molecule has 0 saturated heterocycles. The molecule has 0 unspecified atom stereocenters. The number of hydrogen-bond acceptors (Lipinski definition) is 1. The molecule has 0 aliphatic carbocycles. The van der Waals surface area contributed by atoms with Gasteiger partial charge in [-0.25, -0.2) is 8.78 Å². The third-order valence-corrected chi connectivity index (χ3v) is 2.33. The first kappa shape index (κ1) is 10.9. The van der Waals surface area contributed by atoms with E-state index in [2.05, 4.69) is 0 Å². The van der Waals surface area contributed by atoms with Crippen molar-refractivity contribution in [2.75, 3.05) is 6.61 Å². The Labute approximate surface area is 92.7 Å². The van der Waals surface area contributed by atoms with Crippen molar-refractivity contribution >= 4 is 10.8 Å². The Balaban J connectivity index is 2.08. The minimum absolute atomic E-state index is 0.0516. The number of hydrogen-bond donors (Lipinski definition) is 0. The molecule has 0 fully saturated rings. The molecule has 0 spiro atoms. The molecule has 84 valence electrons. The van der Waals surface area contributed by atoms with Crippen LogP contribution in [0.15, 0.2) is 42.5 Å². The van der Waals surface area contributed by atoms with Crippen molar-refractivity contribution in [3.8, 4) is 5.75 Å². The molecule has 16 heavy (non-hydrogen) atoms. The summed E-state index contributed by atoms with van der Waals surface area (Å²) in [6, 6.07) is 13.4. The van der Waals surface area contributed by atoms with Crippen LogP contribution in [-0.2, 0) is 0 Å². The molecule has 0 amide bonds. The van der Waals surface area contributed by atoms with Crippen LogP contribution in [0.4, 0.5) is 8.78 Å². The predicted octanol–water partition coefficient (Wildman–Crippen LogP) is 3.87. The molecule has 0 aromatic heterocycles. The lowest BCUT2D eigenvalue weighted by Crippen LogP contribution is -2.02. The highest BCUT2D eigenvalue weighted by Gasteiger charge is 2.02. The fraction of sp³-hybridized carbons (Fsp3) is 0.231. The summed E-state index contributed by atoms with van der Waals surface area (Å²) in [7, 11) is 0. The second kappa shape index (κ2) is 4.92. The van der Waals surface area contributed by atoms with Crippen molar-refractivity contribution in [2.45, 2.75) is 12.8 Å². The summed E-state index contributed by atoms with van der Waals surface area (Å²) in [6.07, 6.45) is -2.53. The standard InChI is InChI=1S/C13H12F2O/c14-13(15)7-8-16-12-6-5-10-3-1-2-4-11(10)9-12/h1-6,9,13H,7-8H2. The Kier molecular flexibility index (Phi) is 3.34. The van der Waals surface area contributed by atoms with Crippen molar-refractivity contribution in [1.82, 2.24) is 0 Å². The van der Waals surface area contributed by atoms with Crippen LogP contribution in [-0.4, -0.2) is 13.0 Å². The van der Waals surface area contributed by atoms with Crippen molar-refractivity contribution in [2.24, 2.45) is 0 Å². The van der Waals surface area contributed by atoms with Crippen LogP contribution in [0.1, 0.15) is 6.42 Å². The summed E-state index contributed by atoms with van der Waals surface area (Å²) < 4.78 is 29.1. The second-order valence-electron chi connectivity index (χ2n) is 3.54. The summed E-state index contributed by atoms with van der Waals surface area (Å²) in [6.45, 7) is 0.0516. The summed E-state index contributed by atoms with van der Waals surface area (Å²) in [5.41, 5.74) is 0. The van der Waals surface area contributed by atoms with Crippen molar-refractivity contribution in [3.05, 3.63) is 42.5 Å². The first-order valence-corrected chi connectivity index (χ1v) is 5.15. The summed E-state index contributed by atoms with van der Waals surface area (Å²) in [4.78, 5) is 0. The van der Waals surface area contributed by atoms with Crippen LogP contribution < -0.4 is 4.74 Å². The monoisotopic (exact) mass is 222 g/mol. The van der Waals surface area contributed by atoms with E-state index in [1.807, 2.05) is 36.4 Å². The van der Waals surface area contributed by atoms with Gasteiger partial charge in [-0.1, -0.05) is 30.3 Å². The number of rotatable bonds is 4. The maximum atomic E-state index is 11.9. The van der Waals surface area contributed by atoms with E-state index >= 15 is 0 Å². The third kappa shape index (κ3) is 2.69. The van der Waals surface area contributed by atoms with Gasteiger partial charge in [0, 0.05) is 6.42 Å². The average Bonchev–Trinajstić information content (AvgIpc) is 2.28. The summed E-state index contributed by atoms with van der Waals surface area (Å²) in [5.74, 6) is 0.638. The van der Waals surface area contributed by atoms with Gasteiger partial charge in [0.2, 0.25) is 6.43 Å². The highest BCUT2D eigenvalue weighted by Crippen LogP contribution is 2.20. The topological polar surface area (TPSA) is 9.23 Å². The Hall–Kier alpha value is -1.64. The smallest absolute Gasteiger partial charge is 0.241 e. The maximum Gasteiger partial charge on any atom is 0.241 e. The molecule has 0 aliphatic heterocycles. The molecule has 1 nitrogen and oxygen atoms in total. The largest absolute Gasteiger partial charge is 0.493 e. The molecule has 3 heteroatoms. The molecule has 0 bridgehead atoms. The Morgan fingerprint density at radius 1 is 1.00 bits per heavy atom. The zero-order valence-electron chi connectivity index (χ0n) is 8.70. The van der Waals surface area contributed by atoms with Gasteiger partial charge >= 0.3 is 0 Å². The Bertz CT molecular complexity index is 468. The van der Waals surface area contributed by atoms with Gasteiger partial charge in [0.15, 0.2) is 0 Å². The predicted molar refractivity (Wildman–Crippen MR) is 60.1 cm³/mol. The van der Waals surface area contributed by atoms with Crippen LogP contribution in [0.3, 0.4) is 0 Å². The number of benzene rings is 2. The lowest BCUT2D eigenvalue weighted by atomic mass is 10.1. The summed E-state index contributed by atoms with van der Waals surface area (Å²) >= 11 is 0. The van der Waals surface area contributed by atoms with E-state index in [0.29, 0.717) is 5.75 Å². The molecule has 0 heterocycles. The Morgan fingerprint density at radius 2 is 1.75 bits per heavy atom. The van der Waals surface area contributed by atoms with E-state index in [0.717, 1.165) is 10.8 Å². The number of ether oxygens (including phenoxy) is 1. The Morgan fingerprint density at radius 3 is 2.50 bits per heavy atom. The SMILES string of the molecule is FC(F)CCOc1ccc2ccccc2c1. The zero-order valence-corrected chi connectivity index (χ0v) is 8.70. The molecular weight excluding hydrogens is 210 g/mol. The van der Waals surface area contributed by atoms with Crippen LogP contribution >= 0.6 is 0 Å². The number of alkyl halides is 2. The minimum atomic E-state index is -2.31. The molecular formula is C13H12F2O. The van der Waals surface area contributed by atoms with E-state index in [-0.39, 0.29) is 13.0 Å². The fourth-order valence-electron chi connectivity index (χ4n) is 1.52. The van der Waals surface area contributed by atoms with Gasteiger partial charge in [0.1, 0.15) is 5.75 Å². The fourth-order valence-corrected chi connectivity index (χ4v) is 1.52. The second-order valence-corrected chi connectivity index (χ2v) is 3.54. The van der Waals surface area contributed by atoms with Gasteiger partial charge < -0.3 is 4.74 Å². The third-order valence-electron chi connectivity index (χ3n) is 2.33. The first-order chi connectivity index (χ1) is 7.75. The molecule has 0 N–H and O–H groups in total. The molecule has 0 aliphatic rings. The van der Waals surface area contributed by atoms with Crippen molar-refractivity contribution in [1.29, 1.82) is 0 Å². The molecule has 0 radical (unpaired) electrons. The summed E-state index contributed by atoms with van der Waals surface area (Å²) in [5, 5.41) is 2.17. The van der Waals surface area contributed by atoms with Crippen LogP contribution in [0, 0.1) is 0 Å². The number of fused-ring (bicyclic) bond motifs is 1. The first-order valence-electron chi connectivity index (χ1n) is 5.15. The lowest BCUT2D eigenvalue weighted by molar-refractivity contribution is 0.114. The van der Waals surface area contributed by atoms with Gasteiger partial charge in [0.05, 0.1) is 6.61 Å². The molecule has 2 aromatic carbocycles. The van der Waals surface area contributed by atoms with E-state index in [4.69, 9.17) is 4.74 Å². The van der Waals surface area contributed by atoms with Crippen LogP contribution in [0.5, 0.6) is 5.75 Å². The van der Waals surface area contributed by atoms with Gasteiger partial charge in [-0.2, -0.15) is 0 Å². The van der Waals surface area contributed by atoms with Gasteiger partial charge in [-0.05, 0) is 22.9 Å². The minimum Gasteiger partial charge on any atom is -0.493 e. The maximum absolute atomic E-state index is 11.9. The van der Waals surface area contributed by atoms with Crippen LogP contribution in [0.25, 0.3) is 10.8 Å². The molecule has 2 aromatic rings. The molecule has 2 rings (SSSR count). The highest BCUT2D eigenvalue weighted by molar-refractivity contribution is 5.83. The zero-order chi connectivity index (χ0) is 11.4. The van der Waals surface area contributed by atoms with Gasteiger partial charge in [-0.15, -0.1) is 0 Å². The van der Waals surface area contributed by atoms with E-state index in [1.165, 1.54) is 0 Å². The van der Waals surface area contributed by atoms with Gasteiger partial charge in [0.25, 0.3) is 0 Å². The molecule has 0 saturated carbocycles. The van der Waals surface area contributed by atoms with E-state index in [9.17, 15) is 8.78 Å². The van der Waals surface area contributed by atoms with E-state index < -0.39 is 6.43 Å².